The summed E-state index contributed by atoms with van der Waals surface area (Å²) in [6.45, 7) is 3.65. The number of halogens is 2. The first-order valence-corrected chi connectivity index (χ1v) is 8.22. The molecule has 1 aromatic carbocycles. The fourth-order valence-corrected chi connectivity index (χ4v) is 3.16. The lowest BCUT2D eigenvalue weighted by molar-refractivity contribution is 0.213. The number of rotatable bonds is 6. The molecule has 114 valence electrons. The molecule has 0 aliphatic heterocycles. The third-order valence-electron chi connectivity index (χ3n) is 2.87. The van der Waals surface area contributed by atoms with Crippen LogP contribution in [0.1, 0.15) is 20.3 Å². The van der Waals surface area contributed by atoms with E-state index in [2.05, 4.69) is 20.7 Å². The van der Waals surface area contributed by atoms with Gasteiger partial charge in [0.1, 0.15) is 10.7 Å². The predicted octanol–water partition coefficient (Wildman–Crippen LogP) is 1.86. The molecular weight excluding hydrogens is 351 g/mol. The summed E-state index contributed by atoms with van der Waals surface area (Å²) in [4.78, 5) is -0.488. The van der Waals surface area contributed by atoms with Crippen LogP contribution in [0, 0.1) is 11.2 Å². The van der Waals surface area contributed by atoms with Crippen LogP contribution in [0.2, 0.25) is 0 Å². The van der Waals surface area contributed by atoms with E-state index in [1.165, 1.54) is 0 Å². The predicted molar refractivity (Wildman–Crippen MR) is 79.2 cm³/mol. The van der Waals surface area contributed by atoms with Crippen molar-refractivity contribution in [3.63, 3.8) is 0 Å². The van der Waals surface area contributed by atoms with Gasteiger partial charge in [-0.2, -0.15) is 0 Å². The van der Waals surface area contributed by atoms with Crippen LogP contribution < -0.4 is 10.5 Å². The van der Waals surface area contributed by atoms with Gasteiger partial charge in [0.15, 0.2) is 0 Å². The molecule has 1 rings (SSSR count). The number of nitrogens with one attached hydrogen (secondary N) is 1. The summed E-state index contributed by atoms with van der Waals surface area (Å²) in [5, 5.41) is 8.90. The molecule has 0 bridgehead atoms. The van der Waals surface area contributed by atoms with Crippen molar-refractivity contribution in [1.82, 2.24) is 4.72 Å². The van der Waals surface area contributed by atoms with E-state index in [1.54, 1.807) is 13.8 Å². The van der Waals surface area contributed by atoms with E-state index in [4.69, 9.17) is 10.8 Å². The zero-order valence-corrected chi connectivity index (χ0v) is 13.7. The van der Waals surface area contributed by atoms with Crippen LogP contribution in [0.25, 0.3) is 0 Å². The second-order valence-corrected chi connectivity index (χ2v) is 7.86. The molecule has 0 amide bonds. The van der Waals surface area contributed by atoms with Gasteiger partial charge >= 0.3 is 0 Å². The van der Waals surface area contributed by atoms with Crippen LogP contribution in [0.4, 0.5) is 10.1 Å². The van der Waals surface area contributed by atoms with Crippen molar-refractivity contribution in [1.29, 1.82) is 0 Å². The van der Waals surface area contributed by atoms with Crippen LogP contribution in [-0.4, -0.2) is 26.7 Å². The number of hydrogen-bond acceptors (Lipinski definition) is 4. The van der Waals surface area contributed by atoms with Gasteiger partial charge in [-0.25, -0.2) is 17.5 Å². The molecule has 0 heterocycles. The molecular formula is C12H18BrFN2O3S. The van der Waals surface area contributed by atoms with Crippen molar-refractivity contribution >= 4 is 31.6 Å². The topological polar surface area (TPSA) is 92.4 Å². The summed E-state index contributed by atoms with van der Waals surface area (Å²) in [6, 6.07) is 2.09. The molecule has 1 aromatic rings. The molecule has 0 fully saturated rings. The summed E-state index contributed by atoms with van der Waals surface area (Å²) in [7, 11) is -3.99. The van der Waals surface area contributed by atoms with Gasteiger partial charge in [0.2, 0.25) is 10.0 Å². The maximum Gasteiger partial charge on any atom is 0.243 e. The van der Waals surface area contributed by atoms with Crippen LogP contribution >= 0.6 is 15.9 Å². The van der Waals surface area contributed by atoms with Gasteiger partial charge in [0, 0.05) is 23.3 Å². The van der Waals surface area contributed by atoms with Crippen LogP contribution in [0.15, 0.2) is 21.5 Å². The molecule has 0 spiro atoms. The van der Waals surface area contributed by atoms with Gasteiger partial charge in [-0.3, -0.25) is 0 Å². The van der Waals surface area contributed by atoms with Crippen molar-refractivity contribution in [3.8, 4) is 0 Å². The molecule has 0 radical (unpaired) electrons. The maximum atomic E-state index is 13.7. The highest BCUT2D eigenvalue weighted by Gasteiger charge is 2.24. The highest BCUT2D eigenvalue weighted by Crippen LogP contribution is 2.26. The Morgan fingerprint density at radius 3 is 2.60 bits per heavy atom. The smallest absolute Gasteiger partial charge is 0.243 e. The SMILES string of the molecule is CC(C)(CCO)CNS(=O)(=O)c1cc(N)c(Br)cc1F. The van der Waals surface area contributed by atoms with Crippen molar-refractivity contribution in [3.05, 3.63) is 22.4 Å². The Labute approximate surface area is 126 Å². The number of nitrogens with two attached hydrogens (primary N) is 1. The molecule has 0 aromatic heterocycles. The first kappa shape index (κ1) is 17.4. The first-order valence-electron chi connectivity index (χ1n) is 5.94. The summed E-state index contributed by atoms with van der Waals surface area (Å²) in [6.07, 6.45) is 0.431. The molecule has 0 aliphatic carbocycles. The lowest BCUT2D eigenvalue weighted by Crippen LogP contribution is -2.35. The summed E-state index contributed by atoms with van der Waals surface area (Å²) < 4.78 is 40.6. The highest BCUT2D eigenvalue weighted by molar-refractivity contribution is 9.10. The third-order valence-corrected chi connectivity index (χ3v) is 4.97. The molecule has 0 atom stereocenters. The second-order valence-electron chi connectivity index (χ2n) is 5.27. The zero-order chi connectivity index (χ0) is 15.6. The number of hydrogen-bond donors (Lipinski definition) is 3. The van der Waals surface area contributed by atoms with Gasteiger partial charge in [-0.1, -0.05) is 13.8 Å². The van der Waals surface area contributed by atoms with Crippen molar-refractivity contribution in [2.24, 2.45) is 5.41 Å². The van der Waals surface area contributed by atoms with E-state index in [0.717, 1.165) is 12.1 Å². The second kappa shape index (κ2) is 6.38. The number of aliphatic hydroxyl groups is 1. The third kappa shape index (κ3) is 4.41. The van der Waals surface area contributed by atoms with E-state index < -0.39 is 26.2 Å². The number of nitrogen functional groups attached to an aromatic ring is 1. The molecule has 8 heteroatoms. The van der Waals surface area contributed by atoms with E-state index >= 15 is 0 Å². The largest absolute Gasteiger partial charge is 0.398 e. The van der Waals surface area contributed by atoms with E-state index in [-0.39, 0.29) is 18.8 Å². The number of benzene rings is 1. The van der Waals surface area contributed by atoms with Crippen LogP contribution in [-0.2, 0) is 10.0 Å². The van der Waals surface area contributed by atoms with Gasteiger partial charge in [0.05, 0.1) is 0 Å². The molecule has 5 nitrogen and oxygen atoms in total. The Morgan fingerprint density at radius 1 is 1.45 bits per heavy atom. The summed E-state index contributed by atoms with van der Waals surface area (Å²) in [5.74, 6) is -0.876. The maximum absolute atomic E-state index is 13.7. The van der Waals surface area contributed by atoms with Crippen molar-refractivity contribution in [2.45, 2.75) is 25.2 Å². The summed E-state index contributed by atoms with van der Waals surface area (Å²) >= 11 is 3.03. The average Bonchev–Trinajstić information content (AvgIpc) is 2.31. The molecule has 20 heavy (non-hydrogen) atoms. The molecule has 0 aliphatic rings. The normalized spacial score (nSPS) is 12.7. The van der Waals surface area contributed by atoms with Crippen LogP contribution in [0.5, 0.6) is 0 Å². The van der Waals surface area contributed by atoms with E-state index in [0.29, 0.717) is 10.9 Å². The number of sulfonamides is 1. The Bertz CT molecular complexity index is 591. The fourth-order valence-electron chi connectivity index (χ4n) is 1.51. The monoisotopic (exact) mass is 368 g/mol. The minimum atomic E-state index is -3.99. The van der Waals surface area contributed by atoms with Crippen LogP contribution in [0.3, 0.4) is 0 Å². The quantitative estimate of drug-likeness (QED) is 0.668. The molecule has 0 unspecified atom stereocenters. The van der Waals surface area contributed by atoms with E-state index in [9.17, 15) is 12.8 Å². The average molecular weight is 369 g/mol. The molecule has 0 saturated heterocycles. The van der Waals surface area contributed by atoms with Gasteiger partial charge < -0.3 is 10.8 Å². The lowest BCUT2D eigenvalue weighted by Gasteiger charge is -2.23. The standard InChI is InChI=1S/C12H18BrFN2O3S/c1-12(2,3-4-17)7-16-20(18,19)11-6-10(15)8(13)5-9(11)14/h5-6,16-17H,3-4,7,15H2,1-2H3. The Balaban J connectivity index is 2.98. The Morgan fingerprint density at radius 2 is 2.05 bits per heavy atom. The molecule has 0 saturated carbocycles. The van der Waals surface area contributed by atoms with Gasteiger partial charge in [-0.05, 0) is 39.9 Å². The van der Waals surface area contributed by atoms with Gasteiger partial charge in [0.25, 0.3) is 0 Å². The lowest BCUT2D eigenvalue weighted by atomic mass is 9.90. The van der Waals surface area contributed by atoms with E-state index in [1.807, 2.05) is 0 Å². The minimum absolute atomic E-state index is 0.0473. The van der Waals surface area contributed by atoms with Crippen molar-refractivity contribution in [2.75, 3.05) is 18.9 Å². The van der Waals surface area contributed by atoms with Crippen molar-refractivity contribution < 1.29 is 17.9 Å². The first-order chi connectivity index (χ1) is 9.09. The van der Waals surface area contributed by atoms with Gasteiger partial charge in [-0.15, -0.1) is 0 Å². The zero-order valence-electron chi connectivity index (χ0n) is 11.3. The molecule has 4 N–H and O–H groups in total. The summed E-state index contributed by atoms with van der Waals surface area (Å²) in [5.41, 5.74) is 5.29. The highest BCUT2D eigenvalue weighted by atomic mass is 79.9. The Kier molecular flexibility index (Phi) is 5.54. The minimum Gasteiger partial charge on any atom is -0.398 e. The Hall–Kier alpha value is -0.700. The number of anilines is 1. The number of aliphatic hydroxyl groups excluding tert-OH is 1. The fraction of sp³-hybridized carbons (Fsp3) is 0.500.